The molecule has 0 heterocycles. The van der Waals surface area contributed by atoms with Crippen LogP contribution in [-0.4, -0.2) is 49.4 Å². The van der Waals surface area contributed by atoms with Crippen LogP contribution in [0.1, 0.15) is 33.1 Å². The van der Waals surface area contributed by atoms with E-state index in [0.717, 1.165) is 32.4 Å². The van der Waals surface area contributed by atoms with Gasteiger partial charge in [0.25, 0.3) is 0 Å². The highest BCUT2D eigenvalue weighted by atomic mass is 16.2. The van der Waals surface area contributed by atoms with Gasteiger partial charge in [0.1, 0.15) is 5.41 Å². The molecule has 1 fully saturated rings. The fourth-order valence-corrected chi connectivity index (χ4v) is 2.24. The van der Waals surface area contributed by atoms with Crippen molar-refractivity contribution in [2.45, 2.75) is 33.1 Å². The van der Waals surface area contributed by atoms with Crippen LogP contribution in [0.15, 0.2) is 0 Å². The molecular formula is C14H25N3O. The van der Waals surface area contributed by atoms with Crippen molar-refractivity contribution in [3.8, 4) is 6.07 Å². The normalized spacial score (nSPS) is 17.4. The number of nitriles is 1. The highest BCUT2D eigenvalue weighted by Gasteiger charge is 2.46. The van der Waals surface area contributed by atoms with Gasteiger partial charge in [0, 0.05) is 19.6 Å². The smallest absolute Gasteiger partial charge is 0.243 e. The molecule has 1 saturated carbocycles. The number of carbonyl (C=O) groups is 1. The fraction of sp³-hybridized carbons (Fsp3) is 0.857. The van der Waals surface area contributed by atoms with Crippen molar-refractivity contribution in [3.63, 3.8) is 0 Å². The summed E-state index contributed by atoms with van der Waals surface area (Å²) in [7, 11) is 4.00. The monoisotopic (exact) mass is 251 g/mol. The van der Waals surface area contributed by atoms with Crippen molar-refractivity contribution in [1.82, 2.24) is 9.80 Å². The van der Waals surface area contributed by atoms with Gasteiger partial charge in [-0.05, 0) is 39.3 Å². The van der Waals surface area contributed by atoms with Gasteiger partial charge in [-0.2, -0.15) is 5.26 Å². The summed E-state index contributed by atoms with van der Waals surface area (Å²) in [5.41, 5.74) is -0.707. The second kappa shape index (κ2) is 6.19. The Kier molecular flexibility index (Phi) is 5.15. The molecule has 1 amide bonds. The lowest BCUT2D eigenvalue weighted by atomic mass is 9.69. The summed E-state index contributed by atoms with van der Waals surface area (Å²) in [6.45, 7) is 6.52. The molecule has 0 saturated heterocycles. The summed E-state index contributed by atoms with van der Waals surface area (Å²) in [4.78, 5) is 16.5. The first-order valence-electron chi connectivity index (χ1n) is 6.76. The molecular weight excluding hydrogens is 226 g/mol. The maximum absolute atomic E-state index is 12.5. The van der Waals surface area contributed by atoms with Gasteiger partial charge in [-0.15, -0.1) is 0 Å². The number of hydrogen-bond donors (Lipinski definition) is 0. The van der Waals surface area contributed by atoms with E-state index >= 15 is 0 Å². The molecule has 4 heteroatoms. The predicted octanol–water partition coefficient (Wildman–Crippen LogP) is 1.73. The van der Waals surface area contributed by atoms with Crippen LogP contribution in [-0.2, 0) is 4.79 Å². The maximum Gasteiger partial charge on any atom is 0.243 e. The molecule has 1 aliphatic rings. The minimum absolute atomic E-state index is 0.0480. The molecule has 4 nitrogen and oxygen atoms in total. The Morgan fingerprint density at radius 3 is 2.28 bits per heavy atom. The molecule has 0 radical (unpaired) electrons. The zero-order valence-corrected chi connectivity index (χ0v) is 12.1. The number of amides is 1. The van der Waals surface area contributed by atoms with Gasteiger partial charge >= 0.3 is 0 Å². The first kappa shape index (κ1) is 15.0. The van der Waals surface area contributed by atoms with Crippen LogP contribution in [0.4, 0.5) is 0 Å². The summed E-state index contributed by atoms with van der Waals surface area (Å²) in [6, 6.07) is 2.25. The molecule has 102 valence electrons. The van der Waals surface area contributed by atoms with Gasteiger partial charge in [-0.25, -0.2) is 0 Å². The second-order valence-electron chi connectivity index (χ2n) is 6.00. The molecule has 0 aliphatic heterocycles. The lowest BCUT2D eigenvalue weighted by Gasteiger charge is -2.39. The molecule has 0 spiro atoms. The third kappa shape index (κ3) is 3.46. The van der Waals surface area contributed by atoms with Crippen LogP contribution in [0, 0.1) is 22.7 Å². The Labute approximate surface area is 111 Å². The Balaban J connectivity index is 2.69. The van der Waals surface area contributed by atoms with Gasteiger partial charge in [-0.3, -0.25) is 4.79 Å². The molecule has 1 aliphatic carbocycles. The van der Waals surface area contributed by atoms with Crippen molar-refractivity contribution < 1.29 is 4.79 Å². The first-order chi connectivity index (χ1) is 8.41. The predicted molar refractivity (Wildman–Crippen MR) is 71.9 cm³/mol. The molecule has 0 bridgehead atoms. The van der Waals surface area contributed by atoms with Crippen LogP contribution < -0.4 is 0 Å². The Bertz CT molecular complexity index is 326. The number of nitrogens with zero attached hydrogens (tertiary/aromatic N) is 3. The summed E-state index contributed by atoms with van der Waals surface area (Å²) in [5.74, 6) is 0.485. The van der Waals surface area contributed by atoms with E-state index in [1.807, 2.05) is 19.0 Å². The molecule has 0 atom stereocenters. The van der Waals surface area contributed by atoms with Gasteiger partial charge in [0.2, 0.25) is 5.91 Å². The summed E-state index contributed by atoms with van der Waals surface area (Å²) in [6.07, 6.45) is 2.47. The highest BCUT2D eigenvalue weighted by Crippen LogP contribution is 2.41. The van der Waals surface area contributed by atoms with Crippen LogP contribution in [0.2, 0.25) is 0 Å². The highest BCUT2D eigenvalue weighted by molar-refractivity contribution is 5.86. The van der Waals surface area contributed by atoms with E-state index in [2.05, 4.69) is 24.8 Å². The van der Waals surface area contributed by atoms with Crippen LogP contribution >= 0.6 is 0 Å². The standard InChI is InChI=1S/C14H25N3O/c1-12(2)10-17(9-8-16(3)4)13(18)14(11-15)6-5-7-14/h12H,5-10H2,1-4H3. The third-order valence-corrected chi connectivity index (χ3v) is 3.52. The van der Waals surface area contributed by atoms with Crippen molar-refractivity contribution >= 4 is 5.91 Å². The summed E-state index contributed by atoms with van der Waals surface area (Å²) in [5, 5.41) is 9.26. The van der Waals surface area contributed by atoms with Gasteiger partial charge < -0.3 is 9.80 Å². The van der Waals surface area contributed by atoms with E-state index in [0.29, 0.717) is 12.5 Å². The first-order valence-corrected chi connectivity index (χ1v) is 6.76. The zero-order valence-electron chi connectivity index (χ0n) is 12.1. The molecule has 0 unspecified atom stereocenters. The topological polar surface area (TPSA) is 47.3 Å². The van der Waals surface area contributed by atoms with E-state index in [-0.39, 0.29) is 5.91 Å². The second-order valence-corrected chi connectivity index (χ2v) is 6.00. The van der Waals surface area contributed by atoms with Crippen molar-refractivity contribution in [3.05, 3.63) is 0 Å². The van der Waals surface area contributed by atoms with E-state index in [1.54, 1.807) is 0 Å². The van der Waals surface area contributed by atoms with Crippen LogP contribution in [0.25, 0.3) is 0 Å². The largest absolute Gasteiger partial charge is 0.340 e. The van der Waals surface area contributed by atoms with Crippen molar-refractivity contribution in [2.24, 2.45) is 11.3 Å². The number of likely N-dealkylation sites (N-methyl/N-ethyl adjacent to an activating group) is 1. The van der Waals surface area contributed by atoms with Gasteiger partial charge in [-0.1, -0.05) is 13.8 Å². The quantitative estimate of drug-likeness (QED) is 0.722. The average Bonchev–Trinajstić information content (AvgIpc) is 2.22. The zero-order chi connectivity index (χ0) is 13.8. The Morgan fingerprint density at radius 1 is 1.33 bits per heavy atom. The SMILES string of the molecule is CC(C)CN(CCN(C)C)C(=O)C1(C#N)CCC1. The summed E-state index contributed by atoms with van der Waals surface area (Å²) < 4.78 is 0. The number of rotatable bonds is 6. The minimum Gasteiger partial charge on any atom is -0.340 e. The Hall–Kier alpha value is -1.08. The van der Waals surface area contributed by atoms with Gasteiger partial charge in [0.05, 0.1) is 6.07 Å². The lowest BCUT2D eigenvalue weighted by molar-refractivity contribution is -0.143. The lowest BCUT2D eigenvalue weighted by Crippen LogP contribution is -2.49. The molecule has 18 heavy (non-hydrogen) atoms. The van der Waals surface area contributed by atoms with E-state index in [4.69, 9.17) is 0 Å². The van der Waals surface area contributed by atoms with E-state index < -0.39 is 5.41 Å². The molecule has 0 N–H and O–H groups in total. The maximum atomic E-state index is 12.5. The van der Waals surface area contributed by atoms with Crippen LogP contribution in [0.5, 0.6) is 0 Å². The van der Waals surface area contributed by atoms with E-state index in [9.17, 15) is 10.1 Å². The van der Waals surface area contributed by atoms with Crippen LogP contribution in [0.3, 0.4) is 0 Å². The van der Waals surface area contributed by atoms with Crippen molar-refractivity contribution in [1.29, 1.82) is 5.26 Å². The van der Waals surface area contributed by atoms with Gasteiger partial charge in [0.15, 0.2) is 0 Å². The molecule has 0 aromatic heterocycles. The summed E-state index contributed by atoms with van der Waals surface area (Å²) >= 11 is 0. The number of hydrogen-bond acceptors (Lipinski definition) is 3. The number of carbonyl (C=O) groups excluding carboxylic acids is 1. The fourth-order valence-electron chi connectivity index (χ4n) is 2.24. The molecule has 1 rings (SSSR count). The van der Waals surface area contributed by atoms with E-state index in [1.165, 1.54) is 0 Å². The molecule has 0 aromatic carbocycles. The average molecular weight is 251 g/mol. The molecule has 0 aromatic rings. The van der Waals surface area contributed by atoms with Crippen molar-refractivity contribution in [2.75, 3.05) is 33.7 Å². The third-order valence-electron chi connectivity index (χ3n) is 3.52. The minimum atomic E-state index is -0.707. The Morgan fingerprint density at radius 2 is 1.94 bits per heavy atom.